The number of aromatic nitrogens is 5. The zero-order valence-corrected chi connectivity index (χ0v) is 29.5. The molecule has 4 heterocycles. The average molecular weight is 710 g/mol. The van der Waals surface area contributed by atoms with Crippen LogP contribution in [-0.4, -0.2) is 23.7 Å². The summed E-state index contributed by atoms with van der Waals surface area (Å²) in [4.78, 5) is 15.5. The molecule has 0 atom stereocenters. The van der Waals surface area contributed by atoms with Crippen LogP contribution in [0.5, 0.6) is 0 Å². The number of pyridine rings is 1. The van der Waals surface area contributed by atoms with Crippen molar-refractivity contribution < 1.29 is 4.42 Å². The van der Waals surface area contributed by atoms with Gasteiger partial charge in [-0.2, -0.15) is 8.75 Å². The zero-order valence-electron chi connectivity index (χ0n) is 28.6. The fraction of sp³-hybridized carbons (Fsp3) is 0. The van der Waals surface area contributed by atoms with E-state index in [-0.39, 0.29) is 0 Å². The number of benzene rings is 7. The summed E-state index contributed by atoms with van der Waals surface area (Å²) in [5, 5.41) is 5.37. The number of hydrogen-bond acceptors (Lipinski definition) is 7. The topological polar surface area (TPSA) is 77.6 Å². The number of fused-ring (bicyclic) bond motifs is 8. The van der Waals surface area contributed by atoms with E-state index in [2.05, 4.69) is 95.4 Å². The van der Waals surface area contributed by atoms with Crippen LogP contribution in [-0.2, 0) is 0 Å². The molecule has 0 N–H and O–H groups in total. The maximum atomic E-state index is 6.35. The van der Waals surface area contributed by atoms with Crippen LogP contribution < -0.4 is 0 Å². The standard InChI is InChI=1S/C47H27N5OS/c1-3-10-30(11-4-1)44-37-24-25-38-45(52-54-51-38)43(37)36-23-22-32(26-41(36)48-44)40-27-39(49-47(50-40)31-12-5-2-6-13-31)29-20-18-28(19-21-29)33-15-9-16-35-34-14-7-8-17-42(34)53-46(33)35/h1-27H. The predicted molar refractivity (Wildman–Crippen MR) is 220 cm³/mol. The fourth-order valence-electron chi connectivity index (χ4n) is 7.57. The van der Waals surface area contributed by atoms with Gasteiger partial charge in [0.1, 0.15) is 22.2 Å². The van der Waals surface area contributed by atoms with Crippen molar-refractivity contribution in [1.29, 1.82) is 0 Å². The molecule has 0 saturated heterocycles. The Balaban J connectivity index is 1.07. The maximum Gasteiger partial charge on any atom is 0.160 e. The molecule has 0 radical (unpaired) electrons. The molecule has 0 aliphatic rings. The molecule has 7 heteroatoms. The Morgan fingerprint density at radius 3 is 1.94 bits per heavy atom. The van der Waals surface area contributed by atoms with Crippen molar-refractivity contribution in [2.75, 3.05) is 0 Å². The van der Waals surface area contributed by atoms with Gasteiger partial charge in [0.15, 0.2) is 5.82 Å². The summed E-state index contributed by atoms with van der Waals surface area (Å²) in [5.74, 6) is 0.658. The molecule has 0 aliphatic carbocycles. The zero-order chi connectivity index (χ0) is 35.6. The van der Waals surface area contributed by atoms with Crippen molar-refractivity contribution in [1.82, 2.24) is 23.7 Å². The van der Waals surface area contributed by atoms with Crippen LogP contribution >= 0.6 is 11.7 Å². The van der Waals surface area contributed by atoms with E-state index >= 15 is 0 Å². The number of para-hydroxylation sites is 2. The quantitative estimate of drug-likeness (QED) is 0.166. The van der Waals surface area contributed by atoms with Crippen LogP contribution in [0.15, 0.2) is 168 Å². The molecule has 54 heavy (non-hydrogen) atoms. The molecule has 0 unspecified atom stereocenters. The van der Waals surface area contributed by atoms with Crippen LogP contribution in [0.1, 0.15) is 0 Å². The molecule has 0 saturated carbocycles. The predicted octanol–water partition coefficient (Wildman–Crippen LogP) is 12.4. The Labute approximate surface area is 313 Å². The third-order valence-corrected chi connectivity index (χ3v) is 10.7. The van der Waals surface area contributed by atoms with Gasteiger partial charge in [-0.3, -0.25) is 0 Å². The van der Waals surface area contributed by atoms with Gasteiger partial charge in [0.25, 0.3) is 0 Å². The lowest BCUT2D eigenvalue weighted by atomic mass is 9.97. The van der Waals surface area contributed by atoms with Gasteiger partial charge in [0, 0.05) is 54.7 Å². The van der Waals surface area contributed by atoms with Crippen LogP contribution in [0.4, 0.5) is 0 Å². The van der Waals surface area contributed by atoms with Gasteiger partial charge in [-0.15, -0.1) is 0 Å². The minimum atomic E-state index is 0.658. The van der Waals surface area contributed by atoms with Crippen LogP contribution in [0.25, 0.3) is 111 Å². The van der Waals surface area contributed by atoms with Gasteiger partial charge in [-0.05, 0) is 35.9 Å². The summed E-state index contributed by atoms with van der Waals surface area (Å²) >= 11 is 1.24. The van der Waals surface area contributed by atoms with Crippen molar-refractivity contribution in [2.24, 2.45) is 0 Å². The Morgan fingerprint density at radius 1 is 0.426 bits per heavy atom. The number of nitrogens with zero attached hydrogens (tertiary/aromatic N) is 5. The highest BCUT2D eigenvalue weighted by Gasteiger charge is 2.18. The molecule has 11 aromatic rings. The van der Waals surface area contributed by atoms with Crippen LogP contribution in [0.2, 0.25) is 0 Å². The first-order valence-electron chi connectivity index (χ1n) is 17.8. The Hall–Kier alpha value is -7.09. The van der Waals surface area contributed by atoms with Crippen molar-refractivity contribution >= 4 is 66.4 Å². The van der Waals surface area contributed by atoms with Gasteiger partial charge in [-0.1, -0.05) is 133 Å². The smallest absolute Gasteiger partial charge is 0.160 e. The van der Waals surface area contributed by atoms with E-state index in [1.54, 1.807) is 0 Å². The fourth-order valence-corrected chi connectivity index (χ4v) is 8.11. The largest absolute Gasteiger partial charge is 0.455 e. The summed E-state index contributed by atoms with van der Waals surface area (Å²) < 4.78 is 15.6. The van der Waals surface area contributed by atoms with E-state index in [1.807, 2.05) is 72.8 Å². The Kier molecular flexibility index (Phi) is 6.93. The van der Waals surface area contributed by atoms with Gasteiger partial charge in [-0.25, -0.2) is 15.0 Å². The van der Waals surface area contributed by atoms with E-state index < -0.39 is 0 Å². The molecule has 6 nitrogen and oxygen atoms in total. The third-order valence-electron chi connectivity index (χ3n) is 10.2. The highest BCUT2D eigenvalue weighted by Crippen LogP contribution is 2.39. The first-order chi connectivity index (χ1) is 26.7. The van der Waals surface area contributed by atoms with Gasteiger partial charge >= 0.3 is 0 Å². The molecule has 7 aromatic carbocycles. The molecule has 0 fully saturated rings. The first kappa shape index (κ1) is 30.5. The van der Waals surface area contributed by atoms with Gasteiger partial charge < -0.3 is 4.42 Å². The SMILES string of the molecule is c1ccc(-c2nc(-c3ccc(-c4cccc5c4oc4ccccc45)cc3)cc(-c3ccc4c(c3)nc(-c3ccccc3)c3ccc5nsnc5c34)n2)cc1. The Bertz CT molecular complexity index is 3210. The molecule has 0 amide bonds. The second-order valence-electron chi connectivity index (χ2n) is 13.4. The highest BCUT2D eigenvalue weighted by molar-refractivity contribution is 7.00. The second kappa shape index (κ2) is 12.3. The van der Waals surface area contributed by atoms with E-state index in [0.717, 1.165) is 105 Å². The second-order valence-corrected chi connectivity index (χ2v) is 13.9. The number of furan rings is 1. The van der Waals surface area contributed by atoms with Gasteiger partial charge in [0.2, 0.25) is 0 Å². The lowest BCUT2D eigenvalue weighted by Gasteiger charge is -2.13. The number of hydrogen-bond donors (Lipinski definition) is 0. The molecule has 0 spiro atoms. The third kappa shape index (κ3) is 4.98. The van der Waals surface area contributed by atoms with E-state index in [9.17, 15) is 0 Å². The van der Waals surface area contributed by atoms with E-state index in [0.29, 0.717) is 5.82 Å². The summed E-state index contributed by atoms with van der Waals surface area (Å²) in [7, 11) is 0. The number of rotatable bonds is 5. The molecular weight excluding hydrogens is 683 g/mol. The van der Waals surface area contributed by atoms with Crippen molar-refractivity contribution in [3.05, 3.63) is 164 Å². The normalized spacial score (nSPS) is 11.7. The monoisotopic (exact) mass is 709 g/mol. The Morgan fingerprint density at radius 2 is 1.11 bits per heavy atom. The molecule has 11 rings (SSSR count). The summed E-state index contributed by atoms with van der Waals surface area (Å²) in [6, 6.07) is 56.2. The minimum absolute atomic E-state index is 0.658. The van der Waals surface area contributed by atoms with E-state index in [4.69, 9.17) is 23.7 Å². The van der Waals surface area contributed by atoms with E-state index in [1.165, 1.54) is 11.7 Å². The molecule has 0 bridgehead atoms. The molecular formula is C47H27N5OS. The van der Waals surface area contributed by atoms with Crippen LogP contribution in [0.3, 0.4) is 0 Å². The lowest BCUT2D eigenvalue weighted by molar-refractivity contribution is 0.670. The average Bonchev–Trinajstić information content (AvgIpc) is 3.89. The maximum absolute atomic E-state index is 6.35. The van der Waals surface area contributed by atoms with Crippen molar-refractivity contribution in [2.45, 2.75) is 0 Å². The molecule has 4 aromatic heterocycles. The molecule has 252 valence electrons. The van der Waals surface area contributed by atoms with Crippen LogP contribution in [0, 0.1) is 0 Å². The van der Waals surface area contributed by atoms with Crippen molar-refractivity contribution in [3.63, 3.8) is 0 Å². The van der Waals surface area contributed by atoms with Crippen molar-refractivity contribution in [3.8, 4) is 56.3 Å². The lowest BCUT2D eigenvalue weighted by Crippen LogP contribution is -1.96. The summed E-state index contributed by atoms with van der Waals surface area (Å²) in [6.07, 6.45) is 0. The molecule has 0 aliphatic heterocycles. The first-order valence-corrected chi connectivity index (χ1v) is 18.5. The summed E-state index contributed by atoms with van der Waals surface area (Å²) in [5.41, 5.74) is 13.1. The highest BCUT2D eigenvalue weighted by atomic mass is 32.1. The minimum Gasteiger partial charge on any atom is -0.455 e. The van der Waals surface area contributed by atoms with Gasteiger partial charge in [0.05, 0.1) is 34.3 Å². The summed E-state index contributed by atoms with van der Waals surface area (Å²) in [6.45, 7) is 0.